The second-order valence-electron chi connectivity index (χ2n) is 7.89. The van der Waals surface area contributed by atoms with Crippen LogP contribution in [-0.4, -0.2) is 38.5 Å². The van der Waals surface area contributed by atoms with Gasteiger partial charge in [-0.05, 0) is 25.8 Å². The zero-order valence-corrected chi connectivity index (χ0v) is 16.9. The van der Waals surface area contributed by atoms with E-state index in [2.05, 4.69) is 10.1 Å². The summed E-state index contributed by atoms with van der Waals surface area (Å²) in [5.41, 5.74) is 0.752. The van der Waals surface area contributed by atoms with Gasteiger partial charge in [0.1, 0.15) is 5.56 Å². The van der Waals surface area contributed by atoms with E-state index in [1.54, 1.807) is 24.1 Å². The molecule has 158 valence electrons. The fraction of sp³-hybridized carbons (Fsp3) is 0.409. The average Bonchev–Trinajstić information content (AvgIpc) is 3.16. The zero-order valence-electron chi connectivity index (χ0n) is 16.9. The molecule has 8 heteroatoms. The first-order valence-electron chi connectivity index (χ1n) is 10.1. The van der Waals surface area contributed by atoms with E-state index in [1.165, 1.54) is 6.20 Å². The van der Waals surface area contributed by atoms with Crippen LogP contribution in [0.15, 0.2) is 36.5 Å². The van der Waals surface area contributed by atoms with Crippen LogP contribution in [0.5, 0.6) is 0 Å². The van der Waals surface area contributed by atoms with E-state index in [4.69, 9.17) is 0 Å². The Hall–Kier alpha value is -2.90. The smallest absolute Gasteiger partial charge is 0.339 e. The molecule has 2 heterocycles. The Morgan fingerprint density at radius 3 is 2.43 bits per heavy atom. The molecule has 1 fully saturated rings. The van der Waals surface area contributed by atoms with Crippen LogP contribution < -0.4 is 0 Å². The predicted octanol–water partition coefficient (Wildman–Crippen LogP) is 5.13. The van der Waals surface area contributed by atoms with Crippen LogP contribution in [0.3, 0.4) is 0 Å². The summed E-state index contributed by atoms with van der Waals surface area (Å²) in [4.78, 5) is 19.2. The molecule has 1 aliphatic rings. The number of hydrogen-bond donors (Lipinski definition) is 0. The van der Waals surface area contributed by atoms with Crippen molar-refractivity contribution in [1.82, 2.24) is 19.5 Å². The molecule has 0 bridgehead atoms. The number of nitrogens with zero attached hydrogens (tertiary/aromatic N) is 4. The minimum atomic E-state index is -4.64. The van der Waals surface area contributed by atoms with Crippen LogP contribution in [0.25, 0.3) is 16.9 Å². The van der Waals surface area contributed by atoms with Crippen molar-refractivity contribution in [2.45, 2.75) is 51.2 Å². The summed E-state index contributed by atoms with van der Waals surface area (Å²) in [6, 6.07) is 8.13. The molecule has 0 N–H and O–H groups in total. The van der Waals surface area contributed by atoms with Crippen molar-refractivity contribution in [1.29, 1.82) is 0 Å². The molecular weight excluding hydrogens is 393 g/mol. The fourth-order valence-electron chi connectivity index (χ4n) is 4.01. The lowest BCUT2D eigenvalue weighted by Crippen LogP contribution is -2.38. The van der Waals surface area contributed by atoms with Crippen molar-refractivity contribution in [3.63, 3.8) is 0 Å². The van der Waals surface area contributed by atoms with Crippen LogP contribution in [-0.2, 0) is 6.18 Å². The molecule has 0 aliphatic heterocycles. The summed E-state index contributed by atoms with van der Waals surface area (Å²) in [7, 11) is 1.70. The van der Waals surface area contributed by atoms with Gasteiger partial charge in [-0.1, -0.05) is 49.1 Å². The number of benzene rings is 1. The molecule has 1 aliphatic carbocycles. The second kappa shape index (κ2) is 7.74. The Bertz CT molecular complexity index is 1070. The van der Waals surface area contributed by atoms with E-state index in [0.717, 1.165) is 48.2 Å². The molecule has 30 heavy (non-hydrogen) atoms. The van der Waals surface area contributed by atoms with Crippen LogP contribution in [0.1, 0.15) is 53.7 Å². The summed E-state index contributed by atoms with van der Waals surface area (Å²) < 4.78 is 42.0. The Labute approximate surface area is 172 Å². The first kappa shape index (κ1) is 20.4. The van der Waals surface area contributed by atoms with E-state index in [9.17, 15) is 18.0 Å². The van der Waals surface area contributed by atoms with Crippen molar-refractivity contribution < 1.29 is 18.0 Å². The molecule has 1 saturated carbocycles. The van der Waals surface area contributed by atoms with E-state index in [-0.39, 0.29) is 28.9 Å². The van der Waals surface area contributed by atoms with Gasteiger partial charge in [0.25, 0.3) is 5.91 Å². The highest BCUT2D eigenvalue weighted by Gasteiger charge is 2.36. The number of hydrogen-bond acceptors (Lipinski definition) is 3. The lowest BCUT2D eigenvalue weighted by molar-refractivity contribution is -0.142. The third kappa shape index (κ3) is 3.78. The van der Waals surface area contributed by atoms with Gasteiger partial charge in [0.05, 0.1) is 11.9 Å². The van der Waals surface area contributed by atoms with Gasteiger partial charge in [-0.25, -0.2) is 9.50 Å². The van der Waals surface area contributed by atoms with Crippen molar-refractivity contribution in [3.05, 3.63) is 53.3 Å². The van der Waals surface area contributed by atoms with Gasteiger partial charge >= 0.3 is 6.18 Å². The van der Waals surface area contributed by atoms with Gasteiger partial charge in [-0.2, -0.15) is 18.3 Å². The molecule has 0 radical (unpaired) electrons. The minimum Gasteiger partial charge on any atom is -0.339 e. The van der Waals surface area contributed by atoms with Gasteiger partial charge in [-0.3, -0.25) is 4.79 Å². The lowest BCUT2D eigenvalue weighted by atomic mass is 9.94. The number of aromatic nitrogens is 3. The molecular formula is C22H23F3N4O. The molecule has 4 rings (SSSR count). The van der Waals surface area contributed by atoms with E-state index in [0.29, 0.717) is 5.56 Å². The number of fused-ring (bicyclic) bond motifs is 1. The largest absolute Gasteiger partial charge is 0.433 e. The molecule has 5 nitrogen and oxygen atoms in total. The van der Waals surface area contributed by atoms with Gasteiger partial charge in [-0.15, -0.1) is 0 Å². The van der Waals surface area contributed by atoms with Crippen LogP contribution in [0, 0.1) is 6.92 Å². The lowest BCUT2D eigenvalue weighted by Gasteiger charge is -2.31. The van der Waals surface area contributed by atoms with Gasteiger partial charge in [0.15, 0.2) is 11.3 Å². The maximum absolute atomic E-state index is 13.8. The Morgan fingerprint density at radius 2 is 1.80 bits per heavy atom. The van der Waals surface area contributed by atoms with E-state index < -0.39 is 11.9 Å². The van der Waals surface area contributed by atoms with Gasteiger partial charge in [0, 0.05) is 18.7 Å². The van der Waals surface area contributed by atoms with E-state index in [1.807, 2.05) is 19.1 Å². The van der Waals surface area contributed by atoms with Crippen molar-refractivity contribution in [2.75, 3.05) is 7.05 Å². The third-order valence-corrected chi connectivity index (χ3v) is 5.78. The second-order valence-corrected chi connectivity index (χ2v) is 7.89. The third-order valence-electron chi connectivity index (χ3n) is 5.78. The first-order chi connectivity index (χ1) is 14.3. The highest BCUT2D eigenvalue weighted by atomic mass is 19.4. The zero-order chi connectivity index (χ0) is 21.5. The van der Waals surface area contributed by atoms with Crippen molar-refractivity contribution in [2.24, 2.45) is 0 Å². The molecule has 3 aromatic rings. The number of carbonyl (C=O) groups is 1. The average molecular weight is 416 g/mol. The summed E-state index contributed by atoms with van der Waals surface area (Å²) >= 11 is 0. The van der Waals surface area contributed by atoms with E-state index >= 15 is 0 Å². The summed E-state index contributed by atoms with van der Waals surface area (Å²) in [6.07, 6.45) is 1.59. The maximum Gasteiger partial charge on any atom is 0.433 e. The minimum absolute atomic E-state index is 0.0759. The SMILES string of the molecule is Cc1ccc(-c2cc(C(F)(F)F)n3ncc(C(=O)N(C)C4CCCCC4)c3n2)cc1. The van der Waals surface area contributed by atoms with Gasteiger partial charge in [0.2, 0.25) is 0 Å². The van der Waals surface area contributed by atoms with Crippen LogP contribution >= 0.6 is 0 Å². The van der Waals surface area contributed by atoms with Crippen LogP contribution in [0.2, 0.25) is 0 Å². The Morgan fingerprint density at radius 1 is 1.13 bits per heavy atom. The predicted molar refractivity (Wildman–Crippen MR) is 107 cm³/mol. The first-order valence-corrected chi connectivity index (χ1v) is 10.1. The molecule has 0 atom stereocenters. The summed E-state index contributed by atoms with van der Waals surface area (Å²) in [6.45, 7) is 1.90. The Kier molecular flexibility index (Phi) is 5.26. The number of alkyl halides is 3. The van der Waals surface area contributed by atoms with Crippen LogP contribution in [0.4, 0.5) is 13.2 Å². The normalized spacial score (nSPS) is 15.5. The number of carbonyl (C=O) groups excluding carboxylic acids is 1. The number of halogens is 3. The van der Waals surface area contributed by atoms with Gasteiger partial charge < -0.3 is 4.90 Å². The summed E-state index contributed by atoms with van der Waals surface area (Å²) in [5, 5.41) is 3.87. The number of amides is 1. The highest BCUT2D eigenvalue weighted by molar-refractivity contribution is 6.00. The molecule has 0 spiro atoms. The molecule has 1 amide bonds. The summed E-state index contributed by atoms with van der Waals surface area (Å²) in [5.74, 6) is -0.349. The standard InChI is InChI=1S/C22H23F3N4O/c1-14-8-10-15(11-9-14)18-12-19(22(23,24)25)29-20(27-18)17(13-26-29)21(30)28(2)16-6-4-3-5-7-16/h8-13,16H,3-7H2,1-2H3. The fourth-order valence-corrected chi connectivity index (χ4v) is 4.01. The molecule has 0 unspecified atom stereocenters. The topological polar surface area (TPSA) is 50.5 Å². The monoisotopic (exact) mass is 416 g/mol. The number of aryl methyl sites for hydroxylation is 1. The van der Waals surface area contributed by atoms with Crippen molar-refractivity contribution in [3.8, 4) is 11.3 Å². The maximum atomic E-state index is 13.8. The highest BCUT2D eigenvalue weighted by Crippen LogP contribution is 2.33. The molecule has 0 saturated heterocycles. The number of rotatable bonds is 3. The quantitative estimate of drug-likeness (QED) is 0.595. The molecule has 1 aromatic carbocycles. The van der Waals surface area contributed by atoms with Crippen molar-refractivity contribution >= 4 is 11.6 Å². The Balaban J connectivity index is 1.82. The molecule has 2 aromatic heterocycles.